The van der Waals surface area contributed by atoms with Gasteiger partial charge in [-0.25, -0.2) is 0 Å². The van der Waals surface area contributed by atoms with Crippen molar-refractivity contribution in [3.05, 3.63) is 0 Å². The van der Waals surface area contributed by atoms with Crippen molar-refractivity contribution in [2.45, 2.75) is 35.5 Å². The fourth-order valence-corrected chi connectivity index (χ4v) is 4.02. The minimum absolute atomic E-state index is 8.83. The average molecular weight is 445 g/mol. The molecule has 0 aromatic heterocycles. The molecule has 0 N–H and O–H groups in total. The monoisotopic (exact) mass is 445 g/mol. The third kappa shape index (κ3) is 2.44. The van der Waals surface area contributed by atoms with Crippen molar-refractivity contribution in [2.75, 3.05) is 0 Å². The molecule has 0 unspecified atom stereocenters. The molecule has 156 valence electrons. The Hall–Kier alpha value is -0.830. The molecule has 0 nitrogen and oxygen atoms in total. The fourth-order valence-electron chi connectivity index (χ4n) is 1.55. The van der Waals surface area contributed by atoms with Crippen molar-refractivity contribution in [1.82, 2.24) is 0 Å². The molecule has 0 bridgehead atoms. The van der Waals surface area contributed by atoms with Gasteiger partial charge in [-0.2, -0.15) is 0 Å². The van der Waals surface area contributed by atoms with Crippen LogP contribution in [-0.4, -0.2) is 35.5 Å². The van der Waals surface area contributed by atoms with E-state index in [-0.39, 0.29) is 0 Å². The maximum atomic E-state index is 13.1. The summed E-state index contributed by atoms with van der Waals surface area (Å²) in [4.78, 5) is 0. The molecule has 0 fully saturated rings. The van der Waals surface area contributed by atoms with E-state index in [1.807, 2.05) is 0 Å². The summed E-state index contributed by atoms with van der Waals surface area (Å²) in [6.45, 7) is 0. The van der Waals surface area contributed by atoms with Crippen molar-refractivity contribution in [1.29, 1.82) is 0 Å². The van der Waals surface area contributed by atoms with E-state index >= 15 is 0 Å². The van der Waals surface area contributed by atoms with Crippen molar-refractivity contribution < 1.29 is 78.3 Å². The van der Waals surface area contributed by atoms with Gasteiger partial charge in [0.2, 0.25) is 0 Å². The molecular formula is C6F18P-. The van der Waals surface area contributed by atoms with Crippen LogP contribution in [0.4, 0.5) is 78.3 Å². The summed E-state index contributed by atoms with van der Waals surface area (Å²) in [5, 5.41) is -19.6. The van der Waals surface area contributed by atoms with Gasteiger partial charge < -0.3 is 0 Å². The van der Waals surface area contributed by atoms with Crippen LogP contribution in [0.5, 0.6) is 0 Å². The molecule has 0 spiro atoms. The van der Waals surface area contributed by atoms with E-state index in [0.717, 1.165) is 0 Å². The van der Waals surface area contributed by atoms with Crippen molar-refractivity contribution >= 4 is 7.19 Å². The van der Waals surface area contributed by atoms with E-state index in [1.54, 1.807) is 0 Å². The summed E-state index contributed by atoms with van der Waals surface area (Å²) in [5.74, 6) is 0. The molecule has 0 atom stereocenters. The standard InChI is InChI=1S/C6F18P/c7-1(3(9,10)11,4(12,13)14)25(21,22,23,24)2(8,5(15,16)17)6(18,19)20/q-1. The Morgan fingerprint density at radius 2 is 0.440 bits per heavy atom. The zero-order chi connectivity index (χ0) is 21.4. The predicted octanol–water partition coefficient (Wildman–Crippen LogP) is 7.19. The normalized spacial score (nSPS) is 19.4. The van der Waals surface area contributed by atoms with Crippen LogP contribution in [0.1, 0.15) is 0 Å². The number of rotatable bonds is 2. The van der Waals surface area contributed by atoms with E-state index < -0.39 is 42.7 Å². The molecule has 0 rings (SSSR count). The van der Waals surface area contributed by atoms with Gasteiger partial charge in [0.1, 0.15) is 0 Å². The summed E-state index contributed by atoms with van der Waals surface area (Å²) >= 11 is 0. The first-order chi connectivity index (χ1) is 10.0. The topological polar surface area (TPSA) is 0 Å². The van der Waals surface area contributed by atoms with Gasteiger partial charge in [-0.3, -0.25) is 0 Å². The first-order valence-electron chi connectivity index (χ1n) is 4.77. The van der Waals surface area contributed by atoms with E-state index in [0.29, 0.717) is 0 Å². The van der Waals surface area contributed by atoms with Crippen LogP contribution in [-0.2, 0) is 0 Å². The molecule has 0 aliphatic heterocycles. The molecular weight excluding hydrogens is 445 g/mol. The van der Waals surface area contributed by atoms with Gasteiger partial charge in [0.25, 0.3) is 0 Å². The molecule has 0 aromatic rings. The van der Waals surface area contributed by atoms with Crippen LogP contribution in [0.2, 0.25) is 0 Å². The Bertz CT molecular complexity index is 459. The van der Waals surface area contributed by atoms with Crippen LogP contribution < -0.4 is 0 Å². The summed E-state index contributed by atoms with van der Waals surface area (Å²) in [7, 11) is -14.9. The third-order valence-corrected chi connectivity index (χ3v) is 6.24. The summed E-state index contributed by atoms with van der Waals surface area (Å²) in [6.07, 6.45) is -35.3. The summed E-state index contributed by atoms with van der Waals surface area (Å²) in [5.41, 5.74) is 0. The van der Waals surface area contributed by atoms with Crippen molar-refractivity contribution in [2.24, 2.45) is 0 Å². The molecule has 0 saturated heterocycles. The quantitative estimate of drug-likeness (QED) is 0.312. The minimum atomic E-state index is -14.9. The molecule has 0 aliphatic carbocycles. The first kappa shape index (κ1) is 24.2. The predicted molar refractivity (Wildman–Crippen MR) is 43.2 cm³/mol. The number of alkyl halides is 14. The number of hydrogen-bond acceptors (Lipinski definition) is 0. The Morgan fingerprint density at radius 3 is 0.520 bits per heavy atom. The van der Waals surface area contributed by atoms with Gasteiger partial charge in [0.15, 0.2) is 0 Å². The maximum absolute atomic E-state index is 14.9. The van der Waals surface area contributed by atoms with E-state index in [9.17, 15) is 78.3 Å². The van der Waals surface area contributed by atoms with Crippen LogP contribution in [0.25, 0.3) is 0 Å². The third-order valence-electron chi connectivity index (χ3n) is 2.74. The van der Waals surface area contributed by atoms with Gasteiger partial charge in [-0.15, -0.1) is 0 Å². The second kappa shape index (κ2) is 4.52. The SMILES string of the molecule is FC(F)(F)C(F)(C(F)(F)F)[P-](F)(F)(F)(F)C(F)(C(F)(F)F)C(F)(F)F. The Kier molecular flexibility index (Phi) is 4.37. The van der Waals surface area contributed by atoms with Crippen LogP contribution in [0.3, 0.4) is 0 Å². The zero-order valence-corrected chi connectivity index (χ0v) is 11.1. The summed E-state index contributed by atoms with van der Waals surface area (Å²) < 4.78 is 222. The Labute approximate surface area is 122 Å². The van der Waals surface area contributed by atoms with E-state index in [1.165, 1.54) is 0 Å². The summed E-state index contributed by atoms with van der Waals surface area (Å²) in [6, 6.07) is 0. The molecule has 0 radical (unpaired) electrons. The van der Waals surface area contributed by atoms with Crippen LogP contribution in [0, 0.1) is 0 Å². The molecule has 25 heavy (non-hydrogen) atoms. The van der Waals surface area contributed by atoms with E-state index in [2.05, 4.69) is 0 Å². The molecule has 0 saturated carbocycles. The van der Waals surface area contributed by atoms with Gasteiger partial charge in [0.05, 0.1) is 0 Å². The van der Waals surface area contributed by atoms with Gasteiger partial charge in [-0.1, -0.05) is 0 Å². The van der Waals surface area contributed by atoms with Gasteiger partial charge in [-0.05, 0) is 0 Å². The molecule has 0 aliphatic rings. The average Bonchev–Trinajstić information content (AvgIpc) is 2.18. The van der Waals surface area contributed by atoms with Crippen LogP contribution in [0.15, 0.2) is 0 Å². The van der Waals surface area contributed by atoms with Crippen molar-refractivity contribution in [3.8, 4) is 0 Å². The van der Waals surface area contributed by atoms with Gasteiger partial charge in [0, 0.05) is 0 Å². The molecule has 0 aromatic carbocycles. The Balaban J connectivity index is 7.78. The number of halogens is 18. The second-order valence-corrected chi connectivity index (χ2v) is 7.98. The number of hydrogen-bond donors (Lipinski definition) is 0. The fraction of sp³-hybridized carbons (Fsp3) is 1.00. The van der Waals surface area contributed by atoms with Crippen LogP contribution >= 0.6 is 7.19 Å². The zero-order valence-electron chi connectivity index (χ0n) is 10.3. The molecule has 0 heterocycles. The molecule has 19 heteroatoms. The van der Waals surface area contributed by atoms with Gasteiger partial charge >= 0.3 is 121 Å². The first-order valence-corrected chi connectivity index (χ1v) is 7.02. The second-order valence-electron chi connectivity index (χ2n) is 4.41. The Morgan fingerprint density at radius 1 is 0.320 bits per heavy atom. The van der Waals surface area contributed by atoms with Crippen molar-refractivity contribution in [3.63, 3.8) is 0 Å². The molecule has 0 amide bonds. The van der Waals surface area contributed by atoms with E-state index in [4.69, 9.17) is 0 Å².